The molecule has 21 heavy (non-hydrogen) atoms. The molecule has 1 aliphatic rings. The Morgan fingerprint density at radius 1 is 1.43 bits per heavy atom. The van der Waals surface area contributed by atoms with Crippen LogP contribution in [0.25, 0.3) is 0 Å². The molecule has 1 aromatic carbocycles. The Balaban J connectivity index is 2.08. The first-order valence-corrected chi connectivity index (χ1v) is 7.70. The molecule has 1 saturated carbocycles. The molecule has 1 aromatic rings. The van der Waals surface area contributed by atoms with E-state index < -0.39 is 0 Å². The third-order valence-corrected chi connectivity index (χ3v) is 4.25. The summed E-state index contributed by atoms with van der Waals surface area (Å²) in [5.74, 6) is 0.903. The summed E-state index contributed by atoms with van der Waals surface area (Å²) < 4.78 is 5.05. The number of nitro groups is 1. The molecule has 0 heterocycles. The van der Waals surface area contributed by atoms with E-state index in [9.17, 15) is 10.1 Å². The molecule has 0 bridgehead atoms. The average Bonchev–Trinajstić information content (AvgIpc) is 2.92. The Hall–Kier alpha value is -1.62. The van der Waals surface area contributed by atoms with Crippen LogP contribution in [0.4, 0.5) is 5.69 Å². The Morgan fingerprint density at radius 3 is 2.90 bits per heavy atom. The van der Waals surface area contributed by atoms with E-state index >= 15 is 0 Å². The lowest BCUT2D eigenvalue weighted by molar-refractivity contribution is -0.385. The quantitative estimate of drug-likeness (QED) is 0.618. The van der Waals surface area contributed by atoms with Crippen molar-refractivity contribution in [2.75, 3.05) is 13.7 Å². The van der Waals surface area contributed by atoms with Gasteiger partial charge in [0.2, 0.25) is 0 Å². The van der Waals surface area contributed by atoms with Crippen LogP contribution in [0.2, 0.25) is 0 Å². The Bertz CT molecular complexity index is 490. The van der Waals surface area contributed by atoms with Crippen LogP contribution in [-0.4, -0.2) is 24.6 Å². The summed E-state index contributed by atoms with van der Waals surface area (Å²) in [6, 6.07) is 5.86. The SMILES string of the molecule is CCCNC1CCCC1Cc1ccc(OC)c([N+](=O)[O-])c1. The summed E-state index contributed by atoms with van der Waals surface area (Å²) in [6.45, 7) is 3.22. The summed E-state index contributed by atoms with van der Waals surface area (Å²) in [5, 5.41) is 14.7. The van der Waals surface area contributed by atoms with Gasteiger partial charge in [-0.2, -0.15) is 0 Å². The lowest BCUT2D eigenvalue weighted by atomic mass is 9.94. The third-order valence-electron chi connectivity index (χ3n) is 4.25. The molecule has 5 nitrogen and oxygen atoms in total. The molecule has 2 unspecified atom stereocenters. The average molecular weight is 292 g/mol. The third kappa shape index (κ3) is 3.94. The minimum atomic E-state index is -0.371. The van der Waals surface area contributed by atoms with Gasteiger partial charge in [0.25, 0.3) is 0 Å². The Labute approximate surface area is 125 Å². The van der Waals surface area contributed by atoms with Gasteiger partial charge in [0.15, 0.2) is 5.75 Å². The molecule has 0 aromatic heterocycles. The first-order chi connectivity index (χ1) is 10.2. The molecule has 1 N–H and O–H groups in total. The monoisotopic (exact) mass is 292 g/mol. The van der Waals surface area contributed by atoms with Crippen LogP contribution in [-0.2, 0) is 6.42 Å². The molecule has 0 amide bonds. The predicted molar refractivity (Wildman–Crippen MR) is 82.8 cm³/mol. The van der Waals surface area contributed by atoms with Crippen molar-refractivity contribution in [2.45, 2.75) is 45.1 Å². The fourth-order valence-electron chi connectivity index (χ4n) is 3.19. The van der Waals surface area contributed by atoms with Crippen LogP contribution < -0.4 is 10.1 Å². The highest BCUT2D eigenvalue weighted by atomic mass is 16.6. The number of ether oxygens (including phenoxy) is 1. The molecule has 2 atom stereocenters. The van der Waals surface area contributed by atoms with Crippen LogP contribution in [0.15, 0.2) is 18.2 Å². The molecule has 5 heteroatoms. The van der Waals surface area contributed by atoms with E-state index in [2.05, 4.69) is 12.2 Å². The highest BCUT2D eigenvalue weighted by Gasteiger charge is 2.27. The van der Waals surface area contributed by atoms with Crippen molar-refractivity contribution in [2.24, 2.45) is 5.92 Å². The highest BCUT2D eigenvalue weighted by Crippen LogP contribution is 2.32. The number of nitro benzene ring substituents is 1. The van der Waals surface area contributed by atoms with Crippen LogP contribution in [0.1, 0.15) is 38.2 Å². The van der Waals surface area contributed by atoms with Gasteiger partial charge in [0.1, 0.15) is 0 Å². The fraction of sp³-hybridized carbons (Fsp3) is 0.625. The maximum atomic E-state index is 11.1. The van der Waals surface area contributed by atoms with Gasteiger partial charge in [-0.15, -0.1) is 0 Å². The first kappa shape index (κ1) is 15.8. The maximum Gasteiger partial charge on any atom is 0.311 e. The summed E-state index contributed by atoms with van der Waals surface area (Å²) in [4.78, 5) is 10.7. The molecule has 0 spiro atoms. The Kier molecular flexibility index (Phi) is 5.56. The van der Waals surface area contributed by atoms with Crippen molar-refractivity contribution in [3.63, 3.8) is 0 Å². The molecule has 1 aliphatic carbocycles. The summed E-state index contributed by atoms with van der Waals surface area (Å²) >= 11 is 0. The predicted octanol–water partition coefficient (Wildman–Crippen LogP) is 3.31. The smallest absolute Gasteiger partial charge is 0.311 e. The molecule has 0 saturated heterocycles. The second-order valence-electron chi connectivity index (χ2n) is 5.72. The number of nitrogens with zero attached hydrogens (tertiary/aromatic N) is 1. The topological polar surface area (TPSA) is 64.4 Å². The van der Waals surface area contributed by atoms with E-state index in [1.54, 1.807) is 12.1 Å². The lowest BCUT2D eigenvalue weighted by Crippen LogP contribution is -2.33. The van der Waals surface area contributed by atoms with E-state index in [1.807, 2.05) is 6.07 Å². The molecule has 0 radical (unpaired) electrons. The number of methoxy groups -OCH3 is 1. The van der Waals surface area contributed by atoms with Crippen molar-refractivity contribution in [3.8, 4) is 5.75 Å². The summed E-state index contributed by atoms with van der Waals surface area (Å²) in [7, 11) is 1.46. The zero-order chi connectivity index (χ0) is 15.2. The van der Waals surface area contributed by atoms with Crippen LogP contribution in [0, 0.1) is 16.0 Å². The lowest BCUT2D eigenvalue weighted by Gasteiger charge is -2.21. The standard InChI is InChI=1S/C16H24N2O3/c1-3-9-17-14-6-4-5-13(14)10-12-7-8-16(21-2)15(11-12)18(19)20/h7-8,11,13-14,17H,3-6,9-10H2,1-2H3. The van der Waals surface area contributed by atoms with Crippen molar-refractivity contribution in [1.29, 1.82) is 0 Å². The molecule has 116 valence electrons. The fourth-order valence-corrected chi connectivity index (χ4v) is 3.19. The van der Waals surface area contributed by atoms with Crippen molar-refractivity contribution < 1.29 is 9.66 Å². The van der Waals surface area contributed by atoms with Gasteiger partial charge in [-0.05, 0) is 49.8 Å². The van der Waals surface area contributed by atoms with Gasteiger partial charge < -0.3 is 10.1 Å². The number of benzene rings is 1. The van der Waals surface area contributed by atoms with Crippen LogP contribution in [0.5, 0.6) is 5.75 Å². The van der Waals surface area contributed by atoms with Crippen molar-refractivity contribution >= 4 is 5.69 Å². The molecular weight excluding hydrogens is 268 g/mol. The highest BCUT2D eigenvalue weighted by molar-refractivity contribution is 5.48. The van der Waals surface area contributed by atoms with Gasteiger partial charge in [0.05, 0.1) is 12.0 Å². The zero-order valence-corrected chi connectivity index (χ0v) is 12.8. The normalized spacial score (nSPS) is 21.4. The van der Waals surface area contributed by atoms with E-state index in [-0.39, 0.29) is 10.6 Å². The molecule has 1 fully saturated rings. The largest absolute Gasteiger partial charge is 0.490 e. The van der Waals surface area contributed by atoms with Crippen LogP contribution in [0.3, 0.4) is 0 Å². The number of hydrogen-bond acceptors (Lipinski definition) is 4. The van der Waals surface area contributed by atoms with E-state index in [1.165, 1.54) is 26.4 Å². The number of hydrogen-bond donors (Lipinski definition) is 1. The Morgan fingerprint density at radius 2 is 2.24 bits per heavy atom. The summed E-state index contributed by atoms with van der Waals surface area (Å²) in [5.41, 5.74) is 1.09. The minimum absolute atomic E-state index is 0.0612. The van der Waals surface area contributed by atoms with Crippen molar-refractivity contribution in [1.82, 2.24) is 5.32 Å². The summed E-state index contributed by atoms with van der Waals surface area (Å²) in [6.07, 6.45) is 5.68. The van der Waals surface area contributed by atoms with Gasteiger partial charge in [-0.25, -0.2) is 0 Å². The number of nitrogens with one attached hydrogen (secondary N) is 1. The second kappa shape index (κ2) is 7.41. The molecule has 0 aliphatic heterocycles. The van der Waals surface area contributed by atoms with Gasteiger partial charge in [-0.1, -0.05) is 19.4 Å². The van der Waals surface area contributed by atoms with Crippen LogP contribution >= 0.6 is 0 Å². The van der Waals surface area contributed by atoms with Crippen molar-refractivity contribution in [3.05, 3.63) is 33.9 Å². The van der Waals surface area contributed by atoms with E-state index in [0.29, 0.717) is 17.7 Å². The van der Waals surface area contributed by atoms with Gasteiger partial charge in [0, 0.05) is 12.1 Å². The van der Waals surface area contributed by atoms with E-state index in [0.717, 1.165) is 24.9 Å². The van der Waals surface area contributed by atoms with E-state index in [4.69, 9.17) is 4.74 Å². The second-order valence-corrected chi connectivity index (χ2v) is 5.72. The molecule has 2 rings (SSSR count). The zero-order valence-electron chi connectivity index (χ0n) is 12.8. The number of rotatable bonds is 7. The first-order valence-electron chi connectivity index (χ1n) is 7.70. The minimum Gasteiger partial charge on any atom is -0.490 e. The molecular formula is C16H24N2O3. The van der Waals surface area contributed by atoms with Gasteiger partial charge in [-0.3, -0.25) is 10.1 Å². The maximum absolute atomic E-state index is 11.1. The van der Waals surface area contributed by atoms with Gasteiger partial charge >= 0.3 is 5.69 Å².